The van der Waals surface area contributed by atoms with E-state index >= 15 is 0 Å². The van der Waals surface area contributed by atoms with Crippen LogP contribution in [0.3, 0.4) is 0 Å². The number of carbonyl (C=O) groups excluding carboxylic acids is 1. The number of unbranched alkanes of at least 4 members (excludes halogenated alkanes) is 1. The monoisotopic (exact) mass is 588 g/mol. The Bertz CT molecular complexity index is 1320. The second-order valence-electron chi connectivity index (χ2n) is 9.72. The van der Waals surface area contributed by atoms with Crippen molar-refractivity contribution in [1.82, 2.24) is 34.9 Å². The first-order chi connectivity index (χ1) is 18.9. The molecule has 16 heteroatoms. The van der Waals surface area contributed by atoms with E-state index in [4.69, 9.17) is 0 Å². The third-order valence-electron chi connectivity index (χ3n) is 6.65. The van der Waals surface area contributed by atoms with Crippen LogP contribution in [0.4, 0.5) is 22.0 Å². The molecule has 0 saturated heterocycles. The number of fused-ring (bicyclic) bond motifs is 1. The Kier molecular flexibility index (Phi) is 9.38. The molecule has 1 fully saturated rings. The van der Waals surface area contributed by atoms with Crippen LogP contribution in [0.1, 0.15) is 79.7 Å². The van der Waals surface area contributed by atoms with E-state index in [0.717, 1.165) is 23.7 Å². The summed E-state index contributed by atoms with van der Waals surface area (Å²) in [7, 11) is 0. The summed E-state index contributed by atoms with van der Waals surface area (Å²) in [6, 6.07) is 0.830. The minimum absolute atomic E-state index is 0.103. The first-order valence-electron chi connectivity index (χ1n) is 12.9. The van der Waals surface area contributed by atoms with Crippen LogP contribution in [0.25, 0.3) is 5.65 Å². The summed E-state index contributed by atoms with van der Waals surface area (Å²) in [5, 5.41) is 14.2. The molecule has 3 heterocycles. The van der Waals surface area contributed by atoms with Crippen molar-refractivity contribution in [2.75, 3.05) is 5.75 Å². The van der Waals surface area contributed by atoms with Crippen LogP contribution in [0.5, 0.6) is 0 Å². The van der Waals surface area contributed by atoms with Gasteiger partial charge in [0, 0.05) is 18.4 Å². The lowest BCUT2D eigenvalue weighted by atomic mass is 9.81. The van der Waals surface area contributed by atoms with Gasteiger partial charge in [0.25, 0.3) is 5.91 Å². The van der Waals surface area contributed by atoms with Crippen molar-refractivity contribution < 1.29 is 31.3 Å². The number of imidazole rings is 1. The Morgan fingerprint density at radius 1 is 1.32 bits per heavy atom. The number of alkyl halides is 5. The quantitative estimate of drug-likeness (QED) is 0.200. The molecule has 40 heavy (non-hydrogen) atoms. The van der Waals surface area contributed by atoms with Crippen LogP contribution >= 0.6 is 0 Å². The van der Waals surface area contributed by atoms with Gasteiger partial charge in [0.15, 0.2) is 5.65 Å². The van der Waals surface area contributed by atoms with Gasteiger partial charge in [-0.05, 0) is 31.2 Å². The largest absolute Gasteiger partial charge is 0.591 e. The van der Waals surface area contributed by atoms with Crippen molar-refractivity contribution in [3.63, 3.8) is 0 Å². The molecule has 218 valence electrons. The molecule has 0 bridgehead atoms. The molecule has 0 aliphatic heterocycles. The lowest BCUT2D eigenvalue weighted by Crippen LogP contribution is -2.38. The van der Waals surface area contributed by atoms with Crippen LogP contribution < -0.4 is 5.32 Å². The van der Waals surface area contributed by atoms with Gasteiger partial charge in [0.2, 0.25) is 5.92 Å². The Morgan fingerprint density at radius 2 is 2.08 bits per heavy atom. The number of nitrogens with zero attached hydrogens (tertiary/aromatic N) is 7. The highest BCUT2D eigenvalue weighted by molar-refractivity contribution is 7.90. The van der Waals surface area contributed by atoms with E-state index in [2.05, 4.69) is 30.1 Å². The van der Waals surface area contributed by atoms with Crippen LogP contribution in [-0.2, 0) is 17.9 Å². The average molecular weight is 589 g/mol. The van der Waals surface area contributed by atoms with Gasteiger partial charge >= 0.3 is 6.18 Å². The van der Waals surface area contributed by atoms with Crippen molar-refractivity contribution in [2.24, 2.45) is 10.3 Å². The molecule has 0 aromatic carbocycles. The molecule has 10 nitrogen and oxygen atoms in total. The van der Waals surface area contributed by atoms with Gasteiger partial charge in [0.05, 0.1) is 60.9 Å². The topological polar surface area (TPSA) is 125 Å². The van der Waals surface area contributed by atoms with Crippen molar-refractivity contribution in [2.45, 2.75) is 76.6 Å². The second-order valence-corrected chi connectivity index (χ2v) is 11.0. The van der Waals surface area contributed by atoms with Gasteiger partial charge in [-0.2, -0.15) is 18.3 Å². The molecule has 1 N–H and O–H groups in total. The third kappa shape index (κ3) is 7.96. The summed E-state index contributed by atoms with van der Waals surface area (Å²) in [6.07, 6.45) is 1.06. The lowest BCUT2D eigenvalue weighted by molar-refractivity contribution is -0.137. The number of amides is 1. The van der Waals surface area contributed by atoms with E-state index in [-0.39, 0.29) is 31.4 Å². The molecular formula is C24H29F5N8O2S. The van der Waals surface area contributed by atoms with Crippen molar-refractivity contribution in [3.8, 4) is 0 Å². The SMILES string of the molecule is CCCC[S@+]([O-])/N=C/c1cnn2cc([C@@H](NC(=O)c3cnnn3CCC(F)(F)F)C3CCC(F)(F)CC3)nc2c1. The molecule has 0 unspecified atom stereocenters. The number of halogens is 5. The molecule has 3 aromatic heterocycles. The van der Waals surface area contributed by atoms with Gasteiger partial charge < -0.3 is 9.87 Å². The van der Waals surface area contributed by atoms with E-state index < -0.39 is 54.3 Å². The molecule has 0 radical (unpaired) electrons. The van der Waals surface area contributed by atoms with Crippen molar-refractivity contribution in [1.29, 1.82) is 0 Å². The van der Waals surface area contributed by atoms with Crippen LogP contribution in [0, 0.1) is 5.92 Å². The Labute approximate surface area is 229 Å². The smallest absolute Gasteiger partial charge is 0.390 e. The molecule has 1 aliphatic carbocycles. The predicted octanol–water partition coefficient (Wildman–Crippen LogP) is 4.45. The first kappa shape index (κ1) is 29.8. The Hall–Kier alpha value is -3.14. The zero-order chi connectivity index (χ0) is 28.9. The summed E-state index contributed by atoms with van der Waals surface area (Å²) < 4.78 is 84.3. The molecule has 0 spiro atoms. The average Bonchev–Trinajstić information content (AvgIpc) is 3.54. The van der Waals surface area contributed by atoms with Crippen LogP contribution in [0.2, 0.25) is 0 Å². The van der Waals surface area contributed by atoms with Crippen LogP contribution in [-0.4, -0.2) is 64.1 Å². The number of hydrogen-bond acceptors (Lipinski definition) is 7. The highest BCUT2D eigenvalue weighted by Crippen LogP contribution is 2.41. The normalized spacial score (nSPS) is 17.9. The van der Waals surface area contributed by atoms with E-state index in [1.54, 1.807) is 12.3 Å². The highest BCUT2D eigenvalue weighted by Gasteiger charge is 2.39. The van der Waals surface area contributed by atoms with Gasteiger partial charge in [0.1, 0.15) is 11.4 Å². The number of hydrogen-bond donors (Lipinski definition) is 1. The van der Waals surface area contributed by atoms with E-state index in [9.17, 15) is 31.3 Å². The number of nitrogens with one attached hydrogen (secondary N) is 1. The Balaban J connectivity index is 1.58. The van der Waals surface area contributed by atoms with E-state index in [1.807, 2.05) is 6.92 Å². The fraction of sp³-hybridized carbons (Fsp3) is 0.583. The maximum absolute atomic E-state index is 13.9. The summed E-state index contributed by atoms with van der Waals surface area (Å²) in [4.78, 5) is 17.7. The Morgan fingerprint density at radius 3 is 2.77 bits per heavy atom. The summed E-state index contributed by atoms with van der Waals surface area (Å²) in [5.74, 6) is -3.52. The second kappa shape index (κ2) is 12.6. The summed E-state index contributed by atoms with van der Waals surface area (Å²) >= 11 is -1.37. The molecule has 3 aromatic rings. The molecular weight excluding hydrogens is 559 g/mol. The number of rotatable bonds is 11. The zero-order valence-electron chi connectivity index (χ0n) is 21.7. The minimum Gasteiger partial charge on any atom is -0.591 e. The fourth-order valence-electron chi connectivity index (χ4n) is 4.45. The van der Waals surface area contributed by atoms with Gasteiger partial charge in [-0.25, -0.2) is 23.0 Å². The van der Waals surface area contributed by atoms with Gasteiger partial charge in [-0.15, -0.1) is 5.10 Å². The van der Waals surface area contributed by atoms with E-state index in [1.165, 1.54) is 16.9 Å². The predicted molar refractivity (Wildman–Crippen MR) is 136 cm³/mol. The van der Waals surface area contributed by atoms with Gasteiger partial charge in [-0.3, -0.25) is 4.79 Å². The summed E-state index contributed by atoms with van der Waals surface area (Å²) in [6.45, 7) is 1.39. The van der Waals surface area contributed by atoms with Crippen LogP contribution in [0.15, 0.2) is 29.1 Å². The number of aryl methyl sites for hydroxylation is 1. The maximum Gasteiger partial charge on any atom is 0.390 e. The molecule has 1 amide bonds. The van der Waals surface area contributed by atoms with Crippen molar-refractivity contribution in [3.05, 3.63) is 41.6 Å². The molecule has 4 rings (SSSR count). The zero-order valence-corrected chi connectivity index (χ0v) is 22.5. The maximum atomic E-state index is 13.9. The highest BCUT2D eigenvalue weighted by atomic mass is 32.2. The fourth-order valence-corrected chi connectivity index (χ4v) is 5.33. The lowest BCUT2D eigenvalue weighted by Gasteiger charge is -2.33. The standard InChI is InChI=1S/C24H29F5N8O2S/c1-2-3-10-40(39)32-13-16-11-20-33-18(15-37(20)31-12-16)21(17-4-6-23(25,26)7-5-17)34-22(38)19-14-30-35-36(19)9-8-24(27,28)29/h11-15,17,21H,2-10H2,1H3,(H,34,38)/b32-13+/t21-,40-/m0/s1. The van der Waals surface area contributed by atoms with Gasteiger partial charge in [-0.1, -0.05) is 23.0 Å². The minimum atomic E-state index is -4.45. The van der Waals surface area contributed by atoms with Crippen molar-refractivity contribution >= 4 is 29.1 Å². The molecule has 1 saturated carbocycles. The third-order valence-corrected chi connectivity index (χ3v) is 7.63. The molecule has 1 aliphatic rings. The van der Waals surface area contributed by atoms with E-state index in [0.29, 0.717) is 22.7 Å². The number of carbonyl (C=O) groups is 1. The number of aromatic nitrogens is 6. The first-order valence-corrected chi connectivity index (χ1v) is 14.1. The molecule has 2 atom stereocenters. The summed E-state index contributed by atoms with van der Waals surface area (Å²) in [5.41, 5.74) is 1.10.